The third-order valence-corrected chi connectivity index (χ3v) is 5.86. The molecule has 0 unspecified atom stereocenters. The summed E-state index contributed by atoms with van der Waals surface area (Å²) in [4.78, 5) is 2.25. The molecule has 31 heavy (non-hydrogen) atoms. The van der Waals surface area contributed by atoms with E-state index in [9.17, 15) is 17.6 Å². The van der Waals surface area contributed by atoms with E-state index in [4.69, 9.17) is 0 Å². The minimum Gasteiger partial charge on any atom is -0.299 e. The molecule has 3 aromatic rings. The van der Waals surface area contributed by atoms with Gasteiger partial charge in [-0.15, -0.1) is 0 Å². The van der Waals surface area contributed by atoms with Gasteiger partial charge in [0.1, 0.15) is 11.6 Å². The summed E-state index contributed by atoms with van der Waals surface area (Å²) < 4.78 is 54.7. The van der Waals surface area contributed by atoms with Crippen molar-refractivity contribution in [3.8, 4) is 11.1 Å². The van der Waals surface area contributed by atoms with E-state index in [0.29, 0.717) is 13.0 Å². The monoisotopic (exact) mass is 425 g/mol. The number of hydrogen-bond acceptors (Lipinski definition) is 1. The van der Waals surface area contributed by atoms with Crippen LogP contribution in [0.3, 0.4) is 0 Å². The van der Waals surface area contributed by atoms with E-state index in [1.165, 1.54) is 24.6 Å². The molecule has 0 aromatic heterocycles. The summed E-state index contributed by atoms with van der Waals surface area (Å²) in [7, 11) is 0. The van der Waals surface area contributed by atoms with Gasteiger partial charge in [0.15, 0.2) is 11.6 Å². The lowest BCUT2D eigenvalue weighted by Gasteiger charge is -2.27. The van der Waals surface area contributed by atoms with Gasteiger partial charge in [-0.3, -0.25) is 4.90 Å². The van der Waals surface area contributed by atoms with Gasteiger partial charge in [0, 0.05) is 30.8 Å². The maximum atomic E-state index is 14.4. The molecule has 160 valence electrons. The quantitative estimate of drug-likeness (QED) is 0.331. The zero-order valence-corrected chi connectivity index (χ0v) is 17.3. The fourth-order valence-corrected chi connectivity index (χ4v) is 3.92. The minimum atomic E-state index is -1.12. The van der Waals surface area contributed by atoms with E-state index in [0.717, 1.165) is 42.3 Å². The van der Waals surface area contributed by atoms with Gasteiger partial charge in [0.05, 0.1) is 0 Å². The van der Waals surface area contributed by atoms with Crippen LogP contribution in [0.15, 0.2) is 60.7 Å². The van der Waals surface area contributed by atoms with Crippen LogP contribution >= 0.6 is 0 Å². The van der Waals surface area contributed by atoms with Crippen LogP contribution in [0.1, 0.15) is 23.1 Å². The Kier molecular flexibility index (Phi) is 6.23. The third kappa shape index (κ3) is 4.72. The summed E-state index contributed by atoms with van der Waals surface area (Å²) in [5.74, 6) is -3.06. The average Bonchev–Trinajstić information content (AvgIpc) is 2.80. The first-order valence-corrected chi connectivity index (χ1v) is 10.3. The zero-order chi connectivity index (χ0) is 22.0. The van der Waals surface area contributed by atoms with Crippen LogP contribution in [-0.4, -0.2) is 24.5 Å². The maximum absolute atomic E-state index is 14.4. The van der Waals surface area contributed by atoms with Crippen LogP contribution in [0.25, 0.3) is 16.7 Å². The van der Waals surface area contributed by atoms with Crippen molar-refractivity contribution in [1.82, 2.24) is 4.90 Å². The standard InChI is InChI=1S/C26H23F4N/c1-17-25(29)23(16-24(28)26(17)30)21-11-14-31(15-12-21)13-10-18-2-4-19(5-3-18)20-6-8-22(27)9-7-20/h2-9,11,16H,10,12-15H2,1H3. The smallest absolute Gasteiger partial charge is 0.164 e. The Morgan fingerprint density at radius 2 is 1.48 bits per heavy atom. The van der Waals surface area contributed by atoms with E-state index in [1.54, 1.807) is 12.1 Å². The molecule has 0 amide bonds. The molecule has 1 aliphatic heterocycles. The molecule has 0 radical (unpaired) electrons. The summed E-state index contributed by atoms with van der Waals surface area (Å²) >= 11 is 0. The highest BCUT2D eigenvalue weighted by Crippen LogP contribution is 2.29. The summed E-state index contributed by atoms with van der Waals surface area (Å²) in [6.07, 6.45) is 3.35. The summed E-state index contributed by atoms with van der Waals surface area (Å²) in [5.41, 5.74) is 3.82. The molecule has 1 aliphatic rings. The van der Waals surface area contributed by atoms with Crippen molar-refractivity contribution < 1.29 is 17.6 Å². The SMILES string of the molecule is Cc1c(F)c(F)cc(C2=CCN(CCc3ccc(-c4ccc(F)cc4)cc3)CC2)c1F. The Bertz CT molecular complexity index is 1100. The highest BCUT2D eigenvalue weighted by atomic mass is 19.2. The fourth-order valence-electron chi connectivity index (χ4n) is 3.92. The largest absolute Gasteiger partial charge is 0.299 e. The van der Waals surface area contributed by atoms with E-state index >= 15 is 0 Å². The highest BCUT2D eigenvalue weighted by Gasteiger charge is 2.20. The van der Waals surface area contributed by atoms with Crippen LogP contribution in [0.4, 0.5) is 17.6 Å². The molecule has 0 aliphatic carbocycles. The second-order valence-electron chi connectivity index (χ2n) is 7.89. The molecule has 0 spiro atoms. The molecule has 1 heterocycles. The van der Waals surface area contributed by atoms with Gasteiger partial charge in [0.25, 0.3) is 0 Å². The van der Waals surface area contributed by atoms with Gasteiger partial charge >= 0.3 is 0 Å². The summed E-state index contributed by atoms with van der Waals surface area (Å²) in [6.45, 7) is 3.48. The Balaban J connectivity index is 1.36. The van der Waals surface area contributed by atoms with Crippen molar-refractivity contribution in [2.45, 2.75) is 19.8 Å². The van der Waals surface area contributed by atoms with Gasteiger partial charge in [-0.25, -0.2) is 17.6 Å². The number of benzene rings is 3. The van der Waals surface area contributed by atoms with Crippen molar-refractivity contribution in [1.29, 1.82) is 0 Å². The second-order valence-corrected chi connectivity index (χ2v) is 7.89. The molecule has 4 rings (SSSR count). The Labute approximate surface area is 179 Å². The topological polar surface area (TPSA) is 3.24 Å². The Hall–Kier alpha value is -2.92. The van der Waals surface area contributed by atoms with Crippen molar-refractivity contribution in [2.24, 2.45) is 0 Å². The first-order chi connectivity index (χ1) is 14.9. The highest BCUT2D eigenvalue weighted by molar-refractivity contribution is 5.68. The zero-order valence-electron chi connectivity index (χ0n) is 17.3. The normalized spacial score (nSPS) is 14.5. The van der Waals surface area contributed by atoms with Crippen LogP contribution in [0.2, 0.25) is 0 Å². The summed E-state index contributed by atoms with van der Waals surface area (Å²) in [5, 5.41) is 0. The van der Waals surface area contributed by atoms with Gasteiger partial charge in [0.2, 0.25) is 0 Å². The molecule has 0 fully saturated rings. The van der Waals surface area contributed by atoms with Crippen molar-refractivity contribution in [2.75, 3.05) is 19.6 Å². The van der Waals surface area contributed by atoms with E-state index in [2.05, 4.69) is 17.0 Å². The number of rotatable bonds is 5. The first kappa shape index (κ1) is 21.3. The number of halogens is 4. The lowest BCUT2D eigenvalue weighted by atomic mass is 9.96. The molecule has 0 saturated carbocycles. The molecular formula is C26H23F4N. The summed E-state index contributed by atoms with van der Waals surface area (Å²) in [6, 6.07) is 15.6. The van der Waals surface area contributed by atoms with E-state index in [1.807, 2.05) is 18.2 Å². The van der Waals surface area contributed by atoms with Gasteiger partial charge in [-0.1, -0.05) is 42.5 Å². The van der Waals surface area contributed by atoms with Crippen LogP contribution in [0, 0.1) is 30.2 Å². The predicted molar refractivity (Wildman–Crippen MR) is 116 cm³/mol. The van der Waals surface area contributed by atoms with Gasteiger partial charge < -0.3 is 0 Å². The van der Waals surface area contributed by atoms with Crippen molar-refractivity contribution >= 4 is 5.57 Å². The Morgan fingerprint density at radius 3 is 2.10 bits per heavy atom. The van der Waals surface area contributed by atoms with Crippen LogP contribution in [0.5, 0.6) is 0 Å². The number of nitrogens with zero attached hydrogens (tertiary/aromatic N) is 1. The fraction of sp³-hybridized carbons (Fsp3) is 0.231. The molecule has 1 nitrogen and oxygen atoms in total. The van der Waals surface area contributed by atoms with Crippen LogP contribution < -0.4 is 0 Å². The van der Waals surface area contributed by atoms with Crippen molar-refractivity contribution in [3.05, 3.63) is 101 Å². The second kappa shape index (κ2) is 9.06. The molecular weight excluding hydrogens is 402 g/mol. The predicted octanol–water partition coefficient (Wildman–Crippen LogP) is 6.55. The number of hydrogen-bond donors (Lipinski definition) is 0. The van der Waals surface area contributed by atoms with Gasteiger partial charge in [-0.2, -0.15) is 0 Å². The molecule has 0 atom stereocenters. The van der Waals surface area contributed by atoms with Gasteiger partial charge in [-0.05, 0) is 60.2 Å². The average molecular weight is 425 g/mol. The molecule has 0 bridgehead atoms. The Morgan fingerprint density at radius 1 is 0.839 bits per heavy atom. The van der Waals surface area contributed by atoms with E-state index < -0.39 is 17.5 Å². The lowest BCUT2D eigenvalue weighted by Crippen LogP contribution is -2.30. The third-order valence-electron chi connectivity index (χ3n) is 5.86. The lowest BCUT2D eigenvalue weighted by molar-refractivity contribution is 0.305. The molecule has 3 aromatic carbocycles. The van der Waals surface area contributed by atoms with Crippen molar-refractivity contribution in [3.63, 3.8) is 0 Å². The molecule has 5 heteroatoms. The maximum Gasteiger partial charge on any atom is 0.164 e. The molecule has 0 saturated heterocycles. The first-order valence-electron chi connectivity index (χ1n) is 10.3. The minimum absolute atomic E-state index is 0.160. The van der Waals surface area contributed by atoms with E-state index in [-0.39, 0.29) is 16.9 Å². The van der Waals surface area contributed by atoms with Crippen LogP contribution in [-0.2, 0) is 6.42 Å². The molecule has 0 N–H and O–H groups in total.